The van der Waals surface area contributed by atoms with Crippen molar-refractivity contribution in [1.82, 2.24) is 15.5 Å². The number of hydrogen-bond acceptors (Lipinski definition) is 6. The van der Waals surface area contributed by atoms with Gasteiger partial charge in [-0.3, -0.25) is 10.3 Å². The Balaban J connectivity index is 2.79. The van der Waals surface area contributed by atoms with Crippen LogP contribution in [0.1, 0.15) is 30.9 Å². The maximum Gasteiger partial charge on any atom is 0.247 e. The fourth-order valence-electron chi connectivity index (χ4n) is 0.743. The molecule has 0 spiro atoms. The Morgan fingerprint density at radius 2 is 2.15 bits per heavy atom. The van der Waals surface area contributed by atoms with Gasteiger partial charge in [-0.2, -0.15) is 0 Å². The van der Waals surface area contributed by atoms with E-state index in [9.17, 15) is 0 Å². The van der Waals surface area contributed by atoms with Crippen LogP contribution in [0.25, 0.3) is 0 Å². The molecule has 1 aromatic heterocycles. The highest BCUT2D eigenvalue weighted by Crippen LogP contribution is 2.15. The third-order valence-electron chi connectivity index (χ3n) is 1.66. The summed E-state index contributed by atoms with van der Waals surface area (Å²) in [4.78, 5) is 3.75. The molecule has 0 saturated carbocycles. The molecule has 2 atom stereocenters. The predicted molar refractivity (Wildman–Crippen MR) is 48.3 cm³/mol. The zero-order chi connectivity index (χ0) is 9.84. The zero-order valence-corrected chi connectivity index (χ0v) is 7.69. The van der Waals surface area contributed by atoms with Crippen molar-refractivity contribution in [2.45, 2.75) is 19.1 Å². The van der Waals surface area contributed by atoms with Crippen molar-refractivity contribution in [1.29, 1.82) is 0 Å². The van der Waals surface area contributed by atoms with E-state index < -0.39 is 6.17 Å². The molecule has 0 aromatic carbocycles. The van der Waals surface area contributed by atoms with E-state index in [0.717, 1.165) is 0 Å². The third kappa shape index (κ3) is 2.10. The van der Waals surface area contributed by atoms with Gasteiger partial charge in [-0.15, -0.1) is 10.2 Å². The molecule has 1 heterocycles. The van der Waals surface area contributed by atoms with Gasteiger partial charge < -0.3 is 10.2 Å². The lowest BCUT2D eigenvalue weighted by atomic mass is 10.4. The summed E-state index contributed by atoms with van der Waals surface area (Å²) in [5.41, 5.74) is 5.60. The Bertz CT molecular complexity index is 284. The molecule has 0 radical (unpaired) electrons. The van der Waals surface area contributed by atoms with E-state index in [0.29, 0.717) is 11.8 Å². The minimum Gasteiger partial charge on any atom is -0.420 e. The summed E-state index contributed by atoms with van der Waals surface area (Å²) >= 11 is 0. The monoisotopic (exact) mass is 183 g/mol. The van der Waals surface area contributed by atoms with Gasteiger partial charge in [-0.1, -0.05) is 0 Å². The molecule has 0 bridgehead atoms. The molecule has 13 heavy (non-hydrogen) atoms. The summed E-state index contributed by atoms with van der Waals surface area (Å²) in [7, 11) is 1.71. The molecule has 0 aliphatic rings. The van der Waals surface area contributed by atoms with Gasteiger partial charge in [0.15, 0.2) is 0 Å². The van der Waals surface area contributed by atoms with Crippen molar-refractivity contribution in [2.75, 3.05) is 7.05 Å². The molecule has 1 aromatic rings. The molecule has 0 amide bonds. The average Bonchev–Trinajstić information content (AvgIpc) is 2.64. The van der Waals surface area contributed by atoms with Gasteiger partial charge >= 0.3 is 0 Å². The molecule has 0 fully saturated rings. The molecule has 6 nitrogen and oxygen atoms in total. The number of nitrogens with one attached hydrogen (secondary N) is 1. The molecule has 6 heteroatoms. The molecule has 0 saturated heterocycles. The first-order valence-corrected chi connectivity index (χ1v) is 3.91. The highest BCUT2D eigenvalue weighted by atomic mass is 16.4. The van der Waals surface area contributed by atoms with E-state index in [-0.39, 0.29) is 6.04 Å². The normalized spacial score (nSPS) is 15.3. The average molecular weight is 183 g/mol. The third-order valence-corrected chi connectivity index (χ3v) is 1.66. The fourth-order valence-corrected chi connectivity index (χ4v) is 0.743. The number of hydrogen-bond donors (Lipinski definition) is 2. The fraction of sp³-hybridized carbons (Fsp3) is 0.571. The summed E-state index contributed by atoms with van der Waals surface area (Å²) in [5.74, 6) is 0.781. The Kier molecular flexibility index (Phi) is 3.10. The van der Waals surface area contributed by atoms with Gasteiger partial charge in [0.25, 0.3) is 0 Å². The minimum absolute atomic E-state index is 0.190. The molecule has 0 aliphatic heterocycles. The van der Waals surface area contributed by atoms with Crippen LogP contribution in [0, 0.1) is 0 Å². The first-order valence-electron chi connectivity index (χ1n) is 3.91. The maximum absolute atomic E-state index is 5.60. The first-order chi connectivity index (χ1) is 6.19. The van der Waals surface area contributed by atoms with Crippen molar-refractivity contribution in [2.24, 2.45) is 10.7 Å². The van der Waals surface area contributed by atoms with Crippen LogP contribution in [0.2, 0.25) is 0 Å². The molecule has 72 valence electrons. The number of aromatic nitrogens is 2. The van der Waals surface area contributed by atoms with Crippen molar-refractivity contribution < 1.29 is 4.42 Å². The van der Waals surface area contributed by atoms with Crippen molar-refractivity contribution in [3.05, 3.63) is 11.8 Å². The van der Waals surface area contributed by atoms with Crippen LogP contribution in [-0.2, 0) is 0 Å². The van der Waals surface area contributed by atoms with Gasteiger partial charge in [0.1, 0.15) is 12.2 Å². The molecule has 0 aliphatic carbocycles. The van der Waals surface area contributed by atoms with Crippen LogP contribution in [0.5, 0.6) is 0 Å². The van der Waals surface area contributed by atoms with E-state index in [1.807, 2.05) is 6.92 Å². The topological polar surface area (TPSA) is 89.3 Å². The van der Waals surface area contributed by atoms with E-state index >= 15 is 0 Å². The van der Waals surface area contributed by atoms with Gasteiger partial charge in [-0.05, 0) is 20.7 Å². The van der Waals surface area contributed by atoms with Crippen LogP contribution in [-0.4, -0.2) is 24.0 Å². The largest absolute Gasteiger partial charge is 0.420 e. The lowest BCUT2D eigenvalue weighted by molar-refractivity contribution is 0.384. The number of nitrogens with two attached hydrogens (primary N) is 1. The summed E-state index contributed by atoms with van der Waals surface area (Å²) < 4.78 is 5.25. The highest BCUT2D eigenvalue weighted by molar-refractivity contribution is 5.24. The lowest BCUT2D eigenvalue weighted by Gasteiger charge is -2.03. The van der Waals surface area contributed by atoms with Crippen LogP contribution < -0.4 is 11.1 Å². The zero-order valence-electron chi connectivity index (χ0n) is 7.69. The van der Waals surface area contributed by atoms with Gasteiger partial charge in [0.05, 0.1) is 0 Å². The summed E-state index contributed by atoms with van der Waals surface area (Å²) in [6.45, 7) is 5.20. The summed E-state index contributed by atoms with van der Waals surface area (Å²) in [5, 5.41) is 10.3. The van der Waals surface area contributed by atoms with Crippen LogP contribution in [0.3, 0.4) is 0 Å². The number of nitrogens with zero attached hydrogens (tertiary/aromatic N) is 3. The Hall–Kier alpha value is -1.27. The molecule has 2 unspecified atom stereocenters. The second-order valence-electron chi connectivity index (χ2n) is 2.60. The Morgan fingerprint density at radius 1 is 1.54 bits per heavy atom. The molecule has 1 rings (SSSR count). The first kappa shape index (κ1) is 9.82. The van der Waals surface area contributed by atoms with E-state index in [1.54, 1.807) is 7.05 Å². The van der Waals surface area contributed by atoms with Gasteiger partial charge in [-0.25, -0.2) is 0 Å². The second kappa shape index (κ2) is 4.11. The van der Waals surface area contributed by atoms with Crippen LogP contribution >= 0.6 is 0 Å². The van der Waals surface area contributed by atoms with Gasteiger partial charge in [0, 0.05) is 0 Å². The number of rotatable bonds is 4. The Morgan fingerprint density at radius 3 is 2.69 bits per heavy atom. The summed E-state index contributed by atoms with van der Waals surface area (Å²) in [6, 6.07) is -0.190. The van der Waals surface area contributed by atoms with Crippen molar-refractivity contribution in [3.63, 3.8) is 0 Å². The highest BCUT2D eigenvalue weighted by Gasteiger charge is 2.15. The predicted octanol–water partition coefficient (Wildman–Crippen LogP) is 0.00790. The van der Waals surface area contributed by atoms with E-state index in [1.165, 1.54) is 0 Å². The minimum atomic E-state index is -0.432. The van der Waals surface area contributed by atoms with Crippen molar-refractivity contribution >= 4 is 6.72 Å². The van der Waals surface area contributed by atoms with E-state index in [2.05, 4.69) is 27.2 Å². The van der Waals surface area contributed by atoms with Gasteiger partial charge in [0.2, 0.25) is 11.8 Å². The van der Waals surface area contributed by atoms with E-state index in [4.69, 9.17) is 10.2 Å². The molecule has 3 N–H and O–H groups in total. The van der Waals surface area contributed by atoms with Crippen LogP contribution in [0.4, 0.5) is 0 Å². The van der Waals surface area contributed by atoms with Crippen molar-refractivity contribution in [3.8, 4) is 0 Å². The molecular formula is C7H13N5O. The van der Waals surface area contributed by atoms with Crippen LogP contribution in [0.15, 0.2) is 9.41 Å². The molecular weight excluding hydrogens is 170 g/mol. The maximum atomic E-state index is 5.60. The smallest absolute Gasteiger partial charge is 0.247 e. The lowest BCUT2D eigenvalue weighted by Crippen LogP contribution is -2.25. The second-order valence-corrected chi connectivity index (χ2v) is 2.60. The summed E-state index contributed by atoms with van der Waals surface area (Å²) in [6.07, 6.45) is -0.432. The quantitative estimate of drug-likeness (QED) is 0.507. The SMILES string of the molecule is C=NC(C)c1nnc(C(N)NC)o1. The Labute approximate surface area is 76.2 Å². The number of aliphatic imine (C=N–C) groups is 1. The standard InChI is InChI=1S/C7H13N5O/c1-4(9-2)6-11-12-7(13-6)5(8)10-3/h4-5,10H,2,8H2,1,3H3.